The summed E-state index contributed by atoms with van der Waals surface area (Å²) in [6.45, 7) is -0.132. The summed E-state index contributed by atoms with van der Waals surface area (Å²) in [7, 11) is -4.03. The molecule has 0 unspecified atom stereocenters. The van der Waals surface area contributed by atoms with Crippen molar-refractivity contribution in [2.24, 2.45) is 16.5 Å². The van der Waals surface area contributed by atoms with Crippen molar-refractivity contribution >= 4 is 22.0 Å². The molecule has 0 aliphatic carbocycles. The van der Waals surface area contributed by atoms with Gasteiger partial charge in [0.05, 0.1) is 17.1 Å². The lowest BCUT2D eigenvalue weighted by Gasteiger charge is -2.20. The Balaban J connectivity index is 1.68. The molecule has 0 fully saturated rings. The minimum absolute atomic E-state index is 0.0208. The molecule has 2 aromatic carbocycles. The van der Waals surface area contributed by atoms with Crippen LogP contribution < -0.4 is 11.5 Å². The van der Waals surface area contributed by atoms with Crippen LogP contribution in [0.4, 0.5) is 0 Å². The molecule has 34 heavy (non-hydrogen) atoms. The number of carboxylic acid groups (broad SMARTS) is 1. The van der Waals surface area contributed by atoms with Crippen molar-refractivity contribution in [3.8, 4) is 11.1 Å². The maximum atomic E-state index is 13.2. The summed E-state index contributed by atoms with van der Waals surface area (Å²) in [5.74, 6) is -1.22. The molecular formula is C22H27N7O4S. The Morgan fingerprint density at radius 2 is 1.74 bits per heavy atom. The van der Waals surface area contributed by atoms with Gasteiger partial charge in [0, 0.05) is 19.3 Å². The molecule has 180 valence electrons. The number of aliphatic carboxylic acids is 1. The van der Waals surface area contributed by atoms with Gasteiger partial charge in [-0.25, -0.2) is 8.42 Å². The maximum absolute atomic E-state index is 13.2. The van der Waals surface area contributed by atoms with E-state index in [1.807, 2.05) is 30.3 Å². The zero-order chi connectivity index (χ0) is 24.6. The number of sulfonamides is 1. The SMILES string of the molecule is NC(N)=NCCCc1cn(CCN(CC(=O)O)S(=O)(=O)c2ccc(-c3ccccc3)cc2)nn1. The van der Waals surface area contributed by atoms with Gasteiger partial charge < -0.3 is 16.6 Å². The topological polar surface area (TPSA) is 170 Å². The Morgan fingerprint density at radius 3 is 2.38 bits per heavy atom. The Labute approximate surface area is 197 Å². The third kappa shape index (κ3) is 6.86. The minimum atomic E-state index is -4.03. The van der Waals surface area contributed by atoms with E-state index in [1.54, 1.807) is 18.3 Å². The quantitative estimate of drug-likeness (QED) is 0.193. The van der Waals surface area contributed by atoms with Crippen LogP contribution in [0, 0.1) is 0 Å². The molecule has 0 aliphatic heterocycles. The fourth-order valence-electron chi connectivity index (χ4n) is 3.28. The Bertz CT molecular complexity index is 1220. The zero-order valence-corrected chi connectivity index (χ0v) is 19.3. The standard InChI is InChI=1S/C22H27N7O4S/c23-22(24)25-12-4-7-19-15-28(27-26-19)13-14-29(16-21(30)31)34(32,33)20-10-8-18(9-11-20)17-5-2-1-3-6-17/h1-3,5-6,8-11,15H,4,7,12-14,16H2,(H,30,31)(H4,23,24,25). The van der Waals surface area contributed by atoms with Crippen molar-refractivity contribution in [2.75, 3.05) is 19.6 Å². The van der Waals surface area contributed by atoms with E-state index in [2.05, 4.69) is 15.3 Å². The summed E-state index contributed by atoms with van der Waals surface area (Å²) < 4.78 is 28.7. The normalized spacial score (nSPS) is 11.4. The number of hydrogen-bond donors (Lipinski definition) is 3. The molecule has 3 aromatic rings. The van der Waals surface area contributed by atoms with E-state index >= 15 is 0 Å². The molecule has 0 saturated carbocycles. The van der Waals surface area contributed by atoms with Crippen LogP contribution in [0.1, 0.15) is 12.1 Å². The molecule has 0 amide bonds. The van der Waals surface area contributed by atoms with Crippen molar-refractivity contribution < 1.29 is 18.3 Å². The molecule has 0 spiro atoms. The molecule has 0 atom stereocenters. The third-order valence-corrected chi connectivity index (χ3v) is 6.82. The number of nitrogens with zero attached hydrogens (tertiary/aromatic N) is 5. The summed E-state index contributed by atoms with van der Waals surface area (Å²) in [4.78, 5) is 15.3. The summed E-state index contributed by atoms with van der Waals surface area (Å²) in [6.07, 6.45) is 2.96. The van der Waals surface area contributed by atoms with Crippen LogP contribution >= 0.6 is 0 Å². The first kappa shape index (κ1) is 24.9. The molecule has 1 aromatic heterocycles. The molecule has 1 heterocycles. The van der Waals surface area contributed by atoms with E-state index in [4.69, 9.17) is 11.5 Å². The first-order valence-corrected chi connectivity index (χ1v) is 12.0. The summed E-state index contributed by atoms with van der Waals surface area (Å²) >= 11 is 0. The van der Waals surface area contributed by atoms with Gasteiger partial charge in [0.1, 0.15) is 6.54 Å². The lowest BCUT2D eigenvalue weighted by Crippen LogP contribution is -2.38. The van der Waals surface area contributed by atoms with E-state index in [0.717, 1.165) is 15.4 Å². The summed E-state index contributed by atoms with van der Waals surface area (Å²) in [6, 6.07) is 15.9. The van der Waals surface area contributed by atoms with Crippen molar-refractivity contribution in [1.82, 2.24) is 19.3 Å². The van der Waals surface area contributed by atoms with Gasteiger partial charge in [0.2, 0.25) is 10.0 Å². The smallest absolute Gasteiger partial charge is 0.318 e. The van der Waals surface area contributed by atoms with Crippen LogP contribution in [0.3, 0.4) is 0 Å². The average Bonchev–Trinajstić information content (AvgIpc) is 3.27. The van der Waals surface area contributed by atoms with Gasteiger partial charge >= 0.3 is 5.97 Å². The van der Waals surface area contributed by atoms with Crippen LogP contribution in [0.2, 0.25) is 0 Å². The highest BCUT2D eigenvalue weighted by Crippen LogP contribution is 2.23. The molecule has 11 nitrogen and oxygen atoms in total. The fourth-order valence-corrected chi connectivity index (χ4v) is 4.66. The van der Waals surface area contributed by atoms with Crippen LogP contribution in [0.25, 0.3) is 11.1 Å². The van der Waals surface area contributed by atoms with Crippen molar-refractivity contribution in [3.63, 3.8) is 0 Å². The van der Waals surface area contributed by atoms with Gasteiger partial charge in [-0.3, -0.25) is 14.5 Å². The second-order valence-electron chi connectivity index (χ2n) is 7.51. The Kier molecular flexibility index (Phi) is 8.33. The number of guanidine groups is 1. The molecule has 12 heteroatoms. The van der Waals surface area contributed by atoms with Crippen molar-refractivity contribution in [2.45, 2.75) is 24.3 Å². The number of hydrogen-bond acceptors (Lipinski definition) is 6. The monoisotopic (exact) mass is 485 g/mol. The van der Waals surface area contributed by atoms with E-state index in [9.17, 15) is 18.3 Å². The summed E-state index contributed by atoms with van der Waals surface area (Å²) in [5, 5.41) is 17.3. The number of aliphatic imine (C=N–C) groups is 1. The molecule has 0 saturated heterocycles. The third-order valence-electron chi connectivity index (χ3n) is 4.96. The molecule has 3 rings (SSSR count). The maximum Gasteiger partial charge on any atom is 0.318 e. The molecular weight excluding hydrogens is 458 g/mol. The number of nitrogens with two attached hydrogens (primary N) is 2. The van der Waals surface area contributed by atoms with Gasteiger partial charge in [0.15, 0.2) is 5.96 Å². The minimum Gasteiger partial charge on any atom is -0.480 e. The molecule has 5 N–H and O–H groups in total. The first-order chi connectivity index (χ1) is 16.3. The van der Waals surface area contributed by atoms with Gasteiger partial charge in [-0.2, -0.15) is 4.31 Å². The zero-order valence-electron chi connectivity index (χ0n) is 18.5. The number of carbonyl (C=O) groups is 1. The average molecular weight is 486 g/mol. The second kappa shape index (κ2) is 11.4. The van der Waals surface area contributed by atoms with Gasteiger partial charge in [-0.1, -0.05) is 47.7 Å². The van der Waals surface area contributed by atoms with E-state index in [1.165, 1.54) is 16.8 Å². The number of aryl methyl sites for hydroxylation is 1. The lowest BCUT2D eigenvalue weighted by molar-refractivity contribution is -0.137. The predicted molar refractivity (Wildman–Crippen MR) is 127 cm³/mol. The van der Waals surface area contributed by atoms with Gasteiger partial charge in [-0.15, -0.1) is 5.10 Å². The van der Waals surface area contributed by atoms with E-state index in [-0.39, 0.29) is 23.9 Å². The molecule has 0 bridgehead atoms. The molecule has 0 radical (unpaired) electrons. The predicted octanol–water partition coefficient (Wildman–Crippen LogP) is 0.927. The fraction of sp³-hybridized carbons (Fsp3) is 0.273. The van der Waals surface area contributed by atoms with E-state index < -0.39 is 22.5 Å². The number of rotatable bonds is 12. The van der Waals surface area contributed by atoms with Crippen molar-refractivity contribution in [3.05, 3.63) is 66.5 Å². The van der Waals surface area contributed by atoms with Crippen LogP contribution in [-0.2, 0) is 27.8 Å². The van der Waals surface area contributed by atoms with E-state index in [0.29, 0.717) is 25.1 Å². The molecule has 0 aliphatic rings. The highest BCUT2D eigenvalue weighted by atomic mass is 32.2. The van der Waals surface area contributed by atoms with Gasteiger partial charge in [0.25, 0.3) is 0 Å². The van der Waals surface area contributed by atoms with Crippen LogP contribution in [-0.4, -0.2) is 64.4 Å². The Hall–Kier alpha value is -3.77. The summed E-state index contributed by atoms with van der Waals surface area (Å²) in [5.41, 5.74) is 13.1. The van der Waals surface area contributed by atoms with Gasteiger partial charge in [-0.05, 0) is 36.1 Å². The highest BCUT2D eigenvalue weighted by molar-refractivity contribution is 7.89. The Morgan fingerprint density at radius 1 is 1.06 bits per heavy atom. The highest BCUT2D eigenvalue weighted by Gasteiger charge is 2.26. The first-order valence-electron chi connectivity index (χ1n) is 10.6. The van der Waals surface area contributed by atoms with Crippen molar-refractivity contribution in [1.29, 1.82) is 0 Å². The second-order valence-corrected chi connectivity index (χ2v) is 9.44. The number of benzene rings is 2. The van der Waals surface area contributed by atoms with Crippen LogP contribution in [0.5, 0.6) is 0 Å². The number of carboxylic acids is 1. The number of aromatic nitrogens is 3. The lowest BCUT2D eigenvalue weighted by atomic mass is 10.1. The van der Waals surface area contributed by atoms with Crippen LogP contribution in [0.15, 0.2) is 70.7 Å². The largest absolute Gasteiger partial charge is 0.480 e.